The van der Waals surface area contributed by atoms with Gasteiger partial charge in [0, 0.05) is 9.35 Å². The van der Waals surface area contributed by atoms with Gasteiger partial charge in [0.25, 0.3) is 10.0 Å². The number of benzene rings is 1. The summed E-state index contributed by atoms with van der Waals surface area (Å²) in [6, 6.07) is 8.46. The van der Waals surface area contributed by atoms with Crippen LogP contribution in [0, 0.1) is 0 Å². The van der Waals surface area contributed by atoms with Crippen molar-refractivity contribution in [2.45, 2.75) is 17.6 Å². The standard InChI is InChI=1S/C12H13BrN2O2S2/c1-2-9-4-6-12(18-9)19(16,17)15-11-5-3-8(13)7-10(11)14/h3-7,15H,2,14H2,1H3. The van der Waals surface area contributed by atoms with E-state index >= 15 is 0 Å². The van der Waals surface area contributed by atoms with Crippen LogP contribution in [0.25, 0.3) is 0 Å². The van der Waals surface area contributed by atoms with Crippen LogP contribution in [0.15, 0.2) is 39.0 Å². The van der Waals surface area contributed by atoms with E-state index in [0.717, 1.165) is 15.8 Å². The quantitative estimate of drug-likeness (QED) is 0.820. The largest absolute Gasteiger partial charge is 0.397 e. The number of nitrogen functional groups attached to an aromatic ring is 1. The average molecular weight is 361 g/mol. The molecule has 3 N–H and O–H groups in total. The highest BCUT2D eigenvalue weighted by molar-refractivity contribution is 9.10. The Balaban J connectivity index is 2.30. The minimum absolute atomic E-state index is 0.298. The van der Waals surface area contributed by atoms with Crippen LogP contribution >= 0.6 is 27.3 Å². The number of anilines is 2. The van der Waals surface area contributed by atoms with Gasteiger partial charge in [0.15, 0.2) is 0 Å². The Morgan fingerprint density at radius 2 is 2.05 bits per heavy atom. The molecule has 2 rings (SSSR count). The number of thiophene rings is 1. The Morgan fingerprint density at radius 3 is 2.63 bits per heavy atom. The fourth-order valence-electron chi connectivity index (χ4n) is 1.51. The predicted octanol–water partition coefficient (Wildman–Crippen LogP) is 3.46. The lowest BCUT2D eigenvalue weighted by molar-refractivity contribution is 0.603. The first-order chi connectivity index (χ1) is 8.92. The zero-order valence-corrected chi connectivity index (χ0v) is 13.4. The molecule has 0 saturated heterocycles. The van der Waals surface area contributed by atoms with Crippen molar-refractivity contribution >= 4 is 48.7 Å². The second-order valence-corrected chi connectivity index (χ2v) is 7.90. The SMILES string of the molecule is CCc1ccc(S(=O)(=O)Nc2ccc(Br)cc2N)s1. The van der Waals surface area contributed by atoms with E-state index in [4.69, 9.17) is 5.73 Å². The normalized spacial score (nSPS) is 11.5. The lowest BCUT2D eigenvalue weighted by Crippen LogP contribution is -2.12. The van der Waals surface area contributed by atoms with Gasteiger partial charge in [0.05, 0.1) is 11.4 Å². The zero-order chi connectivity index (χ0) is 14.0. The summed E-state index contributed by atoms with van der Waals surface area (Å²) in [6.07, 6.45) is 0.820. The van der Waals surface area contributed by atoms with Crippen LogP contribution in [-0.2, 0) is 16.4 Å². The molecule has 0 aliphatic heterocycles. The molecule has 1 aromatic heterocycles. The van der Waals surface area contributed by atoms with Gasteiger partial charge in [0.2, 0.25) is 0 Å². The molecule has 0 amide bonds. The van der Waals surface area contributed by atoms with E-state index in [0.29, 0.717) is 15.6 Å². The number of halogens is 1. The van der Waals surface area contributed by atoms with Crippen LogP contribution < -0.4 is 10.5 Å². The molecule has 0 saturated carbocycles. The average Bonchev–Trinajstić information content (AvgIpc) is 2.82. The zero-order valence-electron chi connectivity index (χ0n) is 10.2. The summed E-state index contributed by atoms with van der Waals surface area (Å²) in [5.41, 5.74) is 6.55. The van der Waals surface area contributed by atoms with Crippen LogP contribution in [0.3, 0.4) is 0 Å². The highest BCUT2D eigenvalue weighted by Crippen LogP contribution is 2.28. The summed E-state index contributed by atoms with van der Waals surface area (Å²) in [5, 5.41) is 0. The van der Waals surface area contributed by atoms with Gasteiger partial charge >= 0.3 is 0 Å². The van der Waals surface area contributed by atoms with Gasteiger partial charge < -0.3 is 5.73 Å². The number of hydrogen-bond donors (Lipinski definition) is 2. The van der Waals surface area contributed by atoms with Crippen molar-refractivity contribution in [2.24, 2.45) is 0 Å². The van der Waals surface area contributed by atoms with Crippen molar-refractivity contribution in [1.82, 2.24) is 0 Å². The van der Waals surface area contributed by atoms with Gasteiger partial charge in [-0.3, -0.25) is 4.72 Å². The molecule has 4 nitrogen and oxygen atoms in total. The fourth-order valence-corrected chi connectivity index (χ4v) is 4.28. The van der Waals surface area contributed by atoms with Crippen LogP contribution in [0.2, 0.25) is 0 Å². The lowest BCUT2D eigenvalue weighted by atomic mass is 10.3. The molecule has 1 aromatic carbocycles. The number of nitrogens with two attached hydrogens (primary N) is 1. The van der Waals surface area contributed by atoms with E-state index in [1.54, 1.807) is 24.3 Å². The fraction of sp³-hybridized carbons (Fsp3) is 0.167. The molecule has 0 bridgehead atoms. The Labute approximate surface area is 124 Å². The smallest absolute Gasteiger partial charge is 0.271 e. The number of aryl methyl sites for hydroxylation is 1. The van der Waals surface area contributed by atoms with E-state index in [-0.39, 0.29) is 0 Å². The Bertz CT molecular complexity index is 696. The number of nitrogens with one attached hydrogen (secondary N) is 1. The predicted molar refractivity (Wildman–Crippen MR) is 83.1 cm³/mol. The van der Waals surface area contributed by atoms with Crippen molar-refractivity contribution in [1.29, 1.82) is 0 Å². The molecule has 0 aliphatic rings. The minimum atomic E-state index is -3.56. The van der Waals surface area contributed by atoms with Gasteiger partial charge in [-0.1, -0.05) is 22.9 Å². The first-order valence-corrected chi connectivity index (χ1v) is 8.68. The molecule has 0 aliphatic carbocycles. The molecule has 102 valence electrons. The molecule has 0 spiro atoms. The molecule has 0 atom stereocenters. The summed E-state index contributed by atoms with van der Waals surface area (Å²) >= 11 is 4.55. The lowest BCUT2D eigenvalue weighted by Gasteiger charge is -2.09. The molecular weight excluding hydrogens is 348 g/mol. The van der Waals surface area contributed by atoms with Crippen LogP contribution in [0.5, 0.6) is 0 Å². The molecule has 0 unspecified atom stereocenters. The Morgan fingerprint density at radius 1 is 1.32 bits per heavy atom. The van der Waals surface area contributed by atoms with Crippen molar-refractivity contribution in [3.05, 3.63) is 39.7 Å². The van der Waals surface area contributed by atoms with E-state index in [9.17, 15) is 8.42 Å². The minimum Gasteiger partial charge on any atom is -0.397 e. The molecular formula is C12H13BrN2O2S2. The summed E-state index contributed by atoms with van der Waals surface area (Å²) in [7, 11) is -3.56. The second-order valence-electron chi connectivity index (χ2n) is 3.91. The second kappa shape index (κ2) is 5.52. The molecule has 19 heavy (non-hydrogen) atoms. The van der Waals surface area contributed by atoms with Gasteiger partial charge in [0.1, 0.15) is 4.21 Å². The summed E-state index contributed by atoms with van der Waals surface area (Å²) in [6.45, 7) is 1.99. The van der Waals surface area contributed by atoms with E-state index in [1.807, 2.05) is 13.0 Å². The van der Waals surface area contributed by atoms with E-state index in [2.05, 4.69) is 20.7 Å². The topological polar surface area (TPSA) is 72.2 Å². The molecule has 0 radical (unpaired) electrons. The highest BCUT2D eigenvalue weighted by Gasteiger charge is 2.17. The molecule has 7 heteroatoms. The molecule has 2 aromatic rings. The van der Waals surface area contributed by atoms with Gasteiger partial charge in [-0.15, -0.1) is 11.3 Å². The number of sulfonamides is 1. The van der Waals surface area contributed by atoms with Crippen molar-refractivity contribution < 1.29 is 8.42 Å². The Hall–Kier alpha value is -1.05. The van der Waals surface area contributed by atoms with Crippen molar-refractivity contribution in [3.63, 3.8) is 0 Å². The molecule has 0 fully saturated rings. The number of rotatable bonds is 4. The third-order valence-corrected chi connectivity index (χ3v) is 6.09. The van der Waals surface area contributed by atoms with Crippen molar-refractivity contribution in [2.75, 3.05) is 10.5 Å². The third kappa shape index (κ3) is 3.29. The maximum atomic E-state index is 12.2. The van der Waals surface area contributed by atoms with E-state index in [1.165, 1.54) is 11.3 Å². The maximum absolute atomic E-state index is 12.2. The maximum Gasteiger partial charge on any atom is 0.271 e. The summed E-state index contributed by atoms with van der Waals surface area (Å²) < 4.78 is 28.0. The van der Waals surface area contributed by atoms with Gasteiger partial charge in [-0.05, 0) is 36.8 Å². The van der Waals surface area contributed by atoms with Gasteiger partial charge in [-0.25, -0.2) is 8.42 Å². The summed E-state index contributed by atoms with van der Waals surface area (Å²) in [4.78, 5) is 1.03. The highest BCUT2D eigenvalue weighted by atomic mass is 79.9. The molecule has 1 heterocycles. The number of hydrogen-bond acceptors (Lipinski definition) is 4. The first-order valence-electron chi connectivity index (χ1n) is 5.59. The summed E-state index contributed by atoms with van der Waals surface area (Å²) in [5.74, 6) is 0. The first kappa shape index (κ1) is 14.4. The third-order valence-electron chi connectivity index (χ3n) is 2.51. The van der Waals surface area contributed by atoms with Crippen LogP contribution in [-0.4, -0.2) is 8.42 Å². The van der Waals surface area contributed by atoms with Crippen LogP contribution in [0.4, 0.5) is 11.4 Å². The van der Waals surface area contributed by atoms with Gasteiger partial charge in [-0.2, -0.15) is 0 Å². The monoisotopic (exact) mass is 360 g/mol. The van der Waals surface area contributed by atoms with E-state index < -0.39 is 10.0 Å². The van der Waals surface area contributed by atoms with Crippen molar-refractivity contribution in [3.8, 4) is 0 Å². The van der Waals surface area contributed by atoms with Crippen LogP contribution in [0.1, 0.15) is 11.8 Å². The Kier molecular flexibility index (Phi) is 4.17.